The number of aryl methyl sites for hydroxylation is 2. The van der Waals surface area contributed by atoms with Crippen LogP contribution in [0, 0.1) is 13.8 Å². The average Bonchev–Trinajstić information content (AvgIpc) is 3.23. The highest BCUT2D eigenvalue weighted by atomic mass is 16.2. The molecule has 0 bridgehead atoms. The summed E-state index contributed by atoms with van der Waals surface area (Å²) in [4.78, 5) is 32.3. The Kier molecular flexibility index (Phi) is 4.94. The number of amides is 2. The van der Waals surface area contributed by atoms with Crippen LogP contribution in [0.15, 0.2) is 72.8 Å². The van der Waals surface area contributed by atoms with E-state index in [1.807, 2.05) is 61.2 Å². The third kappa shape index (κ3) is 3.62. The van der Waals surface area contributed by atoms with Crippen LogP contribution in [0.2, 0.25) is 0 Å². The highest BCUT2D eigenvalue weighted by Gasteiger charge is 2.25. The van der Waals surface area contributed by atoms with Crippen LogP contribution in [0.1, 0.15) is 37.5 Å². The monoisotopic (exact) mass is 421 g/mol. The number of nitrogens with zero attached hydrogens (tertiary/aromatic N) is 2. The van der Waals surface area contributed by atoms with Crippen molar-refractivity contribution in [3.8, 4) is 0 Å². The highest BCUT2D eigenvalue weighted by Crippen LogP contribution is 2.29. The van der Waals surface area contributed by atoms with Gasteiger partial charge in [-0.15, -0.1) is 0 Å². The molecule has 1 aromatic heterocycles. The maximum absolute atomic E-state index is 13.0. The molecule has 3 aromatic carbocycles. The first-order valence-electron chi connectivity index (χ1n) is 10.7. The number of aromatic nitrogens is 1. The molecule has 4 aromatic rings. The van der Waals surface area contributed by atoms with E-state index in [9.17, 15) is 9.59 Å². The SMILES string of the molecule is Cc1ccc2nc(C)c(C(=O)Nc3ccc(C(=O)N4CCc5ccccc54)cc3)cc2c1. The molecular formula is C27H23N3O2. The van der Waals surface area contributed by atoms with Gasteiger partial charge < -0.3 is 10.2 Å². The Bertz CT molecular complexity index is 1360. The van der Waals surface area contributed by atoms with Crippen LogP contribution in [-0.2, 0) is 6.42 Å². The second-order valence-corrected chi connectivity index (χ2v) is 8.18. The van der Waals surface area contributed by atoms with Crippen molar-refractivity contribution < 1.29 is 9.59 Å². The van der Waals surface area contributed by atoms with Gasteiger partial charge in [-0.2, -0.15) is 0 Å². The van der Waals surface area contributed by atoms with Gasteiger partial charge in [-0.3, -0.25) is 14.6 Å². The summed E-state index contributed by atoms with van der Waals surface area (Å²) in [7, 11) is 0. The Morgan fingerprint density at radius 1 is 0.938 bits per heavy atom. The zero-order valence-electron chi connectivity index (χ0n) is 18.1. The highest BCUT2D eigenvalue weighted by molar-refractivity contribution is 6.09. The molecule has 158 valence electrons. The Hall–Kier alpha value is -3.99. The molecule has 1 aliphatic heterocycles. The fourth-order valence-corrected chi connectivity index (χ4v) is 4.22. The van der Waals surface area contributed by atoms with Crippen molar-refractivity contribution in [3.63, 3.8) is 0 Å². The largest absolute Gasteiger partial charge is 0.322 e. The van der Waals surface area contributed by atoms with Crippen molar-refractivity contribution in [2.45, 2.75) is 20.3 Å². The summed E-state index contributed by atoms with van der Waals surface area (Å²) in [6, 6.07) is 22.9. The molecule has 2 heterocycles. The first-order valence-corrected chi connectivity index (χ1v) is 10.7. The minimum atomic E-state index is -0.217. The molecule has 1 aliphatic rings. The van der Waals surface area contributed by atoms with Crippen LogP contribution in [0.3, 0.4) is 0 Å². The predicted octanol–water partition coefficient (Wildman–Crippen LogP) is 5.31. The Morgan fingerprint density at radius 2 is 1.72 bits per heavy atom. The molecule has 0 fully saturated rings. The Morgan fingerprint density at radius 3 is 2.53 bits per heavy atom. The van der Waals surface area contributed by atoms with Gasteiger partial charge >= 0.3 is 0 Å². The van der Waals surface area contributed by atoms with E-state index in [4.69, 9.17) is 0 Å². The van der Waals surface area contributed by atoms with Crippen molar-refractivity contribution in [1.29, 1.82) is 0 Å². The maximum Gasteiger partial charge on any atom is 0.258 e. The maximum atomic E-state index is 13.0. The van der Waals surface area contributed by atoms with Crippen LogP contribution < -0.4 is 10.2 Å². The van der Waals surface area contributed by atoms with E-state index in [2.05, 4.69) is 16.4 Å². The lowest BCUT2D eigenvalue weighted by Gasteiger charge is -2.17. The number of hydrogen-bond acceptors (Lipinski definition) is 3. The standard InChI is InChI=1S/C27H23N3O2/c1-17-7-12-24-21(15-17)16-23(18(2)28-24)26(31)29-22-10-8-20(9-11-22)27(32)30-14-13-19-5-3-4-6-25(19)30/h3-12,15-16H,13-14H2,1-2H3,(H,29,31). The van der Waals surface area contributed by atoms with E-state index >= 15 is 0 Å². The molecular weight excluding hydrogens is 398 g/mol. The number of benzene rings is 3. The summed E-state index contributed by atoms with van der Waals surface area (Å²) in [6.07, 6.45) is 0.870. The summed E-state index contributed by atoms with van der Waals surface area (Å²) < 4.78 is 0. The van der Waals surface area contributed by atoms with Gasteiger partial charge in [0.25, 0.3) is 11.8 Å². The number of fused-ring (bicyclic) bond motifs is 2. The molecule has 0 saturated heterocycles. The molecule has 0 radical (unpaired) electrons. The Balaban J connectivity index is 1.34. The number of pyridine rings is 1. The number of carbonyl (C=O) groups excluding carboxylic acids is 2. The van der Waals surface area contributed by atoms with Gasteiger partial charge in [0.15, 0.2) is 0 Å². The fourth-order valence-electron chi connectivity index (χ4n) is 4.22. The predicted molar refractivity (Wildman–Crippen MR) is 127 cm³/mol. The van der Waals surface area contributed by atoms with Gasteiger partial charge in [-0.05, 0) is 74.4 Å². The normalized spacial score (nSPS) is 12.6. The van der Waals surface area contributed by atoms with Gasteiger partial charge in [0, 0.05) is 28.9 Å². The van der Waals surface area contributed by atoms with Crippen LogP contribution >= 0.6 is 0 Å². The number of rotatable bonds is 3. The summed E-state index contributed by atoms with van der Waals surface area (Å²) in [5.41, 5.74) is 6.61. The van der Waals surface area contributed by atoms with Crippen LogP contribution in [0.4, 0.5) is 11.4 Å². The summed E-state index contributed by atoms with van der Waals surface area (Å²) in [6.45, 7) is 4.54. The van der Waals surface area contributed by atoms with Crippen LogP contribution in [-0.4, -0.2) is 23.3 Å². The van der Waals surface area contributed by atoms with Crippen molar-refractivity contribution in [3.05, 3.63) is 101 Å². The van der Waals surface area contributed by atoms with E-state index in [1.54, 1.807) is 24.3 Å². The number of hydrogen-bond donors (Lipinski definition) is 1. The molecule has 2 amide bonds. The molecule has 0 aliphatic carbocycles. The number of para-hydroxylation sites is 1. The Labute approximate surface area is 186 Å². The van der Waals surface area contributed by atoms with Crippen molar-refractivity contribution in [2.24, 2.45) is 0 Å². The fraction of sp³-hybridized carbons (Fsp3) is 0.148. The summed E-state index contributed by atoms with van der Waals surface area (Å²) in [5.74, 6) is -0.247. The van der Waals surface area contributed by atoms with E-state index < -0.39 is 0 Å². The van der Waals surface area contributed by atoms with Gasteiger partial charge in [-0.1, -0.05) is 29.8 Å². The van der Waals surface area contributed by atoms with Gasteiger partial charge in [0.05, 0.1) is 16.8 Å². The van der Waals surface area contributed by atoms with Crippen molar-refractivity contribution in [2.75, 3.05) is 16.8 Å². The van der Waals surface area contributed by atoms with Crippen LogP contribution in [0.5, 0.6) is 0 Å². The molecule has 5 heteroatoms. The third-order valence-corrected chi connectivity index (χ3v) is 5.93. The van der Waals surface area contributed by atoms with Crippen molar-refractivity contribution >= 4 is 34.1 Å². The minimum absolute atomic E-state index is 0.0298. The van der Waals surface area contributed by atoms with Crippen LogP contribution in [0.25, 0.3) is 10.9 Å². The average molecular weight is 422 g/mol. The molecule has 1 N–H and O–H groups in total. The topological polar surface area (TPSA) is 62.3 Å². The molecule has 5 rings (SSSR count). The molecule has 0 atom stereocenters. The van der Waals surface area contributed by atoms with E-state index in [1.165, 1.54) is 5.56 Å². The number of nitrogens with one attached hydrogen (secondary N) is 1. The first kappa shape index (κ1) is 19.9. The third-order valence-electron chi connectivity index (χ3n) is 5.93. The molecule has 0 saturated carbocycles. The van der Waals surface area contributed by atoms with Gasteiger partial charge in [-0.25, -0.2) is 0 Å². The zero-order chi connectivity index (χ0) is 22.2. The van der Waals surface area contributed by atoms with E-state index in [-0.39, 0.29) is 11.8 Å². The van der Waals surface area contributed by atoms with Crippen molar-refractivity contribution in [1.82, 2.24) is 4.98 Å². The second kappa shape index (κ2) is 7.93. The minimum Gasteiger partial charge on any atom is -0.322 e. The van der Waals surface area contributed by atoms with Gasteiger partial charge in [0.1, 0.15) is 0 Å². The van der Waals surface area contributed by atoms with E-state index in [0.29, 0.717) is 29.1 Å². The lowest BCUT2D eigenvalue weighted by Crippen LogP contribution is -2.28. The number of carbonyl (C=O) groups is 2. The molecule has 5 nitrogen and oxygen atoms in total. The smallest absolute Gasteiger partial charge is 0.258 e. The zero-order valence-corrected chi connectivity index (χ0v) is 18.1. The lowest BCUT2D eigenvalue weighted by atomic mass is 10.1. The lowest BCUT2D eigenvalue weighted by molar-refractivity contribution is 0.0988. The summed E-state index contributed by atoms with van der Waals surface area (Å²) in [5, 5.41) is 3.86. The molecule has 32 heavy (non-hydrogen) atoms. The molecule has 0 unspecified atom stereocenters. The quantitative estimate of drug-likeness (QED) is 0.488. The second-order valence-electron chi connectivity index (χ2n) is 8.18. The number of anilines is 2. The molecule has 0 spiro atoms. The van der Waals surface area contributed by atoms with Gasteiger partial charge in [0.2, 0.25) is 0 Å². The summed E-state index contributed by atoms with van der Waals surface area (Å²) >= 11 is 0. The first-order chi connectivity index (χ1) is 15.5. The van der Waals surface area contributed by atoms with E-state index in [0.717, 1.165) is 28.6 Å².